The molecule has 18 heavy (non-hydrogen) atoms. The SMILES string of the molecule is N#Cc1cc(F)c(Sc2ccccc2Cl)c(F)c1. The van der Waals surface area contributed by atoms with Crippen LogP contribution in [0.1, 0.15) is 5.56 Å². The zero-order valence-corrected chi connectivity index (χ0v) is 10.5. The van der Waals surface area contributed by atoms with Crippen molar-refractivity contribution in [2.24, 2.45) is 0 Å². The molecule has 0 aliphatic carbocycles. The van der Waals surface area contributed by atoms with Crippen LogP contribution in [-0.4, -0.2) is 0 Å². The monoisotopic (exact) mass is 281 g/mol. The molecular weight excluding hydrogens is 276 g/mol. The highest BCUT2D eigenvalue weighted by Gasteiger charge is 2.14. The van der Waals surface area contributed by atoms with Crippen LogP contribution in [0, 0.1) is 23.0 Å². The van der Waals surface area contributed by atoms with E-state index in [1.165, 1.54) is 0 Å². The Kier molecular flexibility index (Phi) is 3.85. The number of hydrogen-bond acceptors (Lipinski definition) is 2. The molecule has 5 heteroatoms. The Hall–Kier alpha value is -1.57. The normalized spacial score (nSPS) is 10.1. The van der Waals surface area contributed by atoms with E-state index in [9.17, 15) is 8.78 Å². The molecule has 0 spiro atoms. The van der Waals surface area contributed by atoms with Crippen LogP contribution in [0.4, 0.5) is 8.78 Å². The molecule has 1 nitrogen and oxygen atoms in total. The lowest BCUT2D eigenvalue weighted by atomic mass is 10.2. The number of hydrogen-bond donors (Lipinski definition) is 0. The summed E-state index contributed by atoms with van der Waals surface area (Å²) in [4.78, 5) is 0.392. The van der Waals surface area contributed by atoms with Crippen molar-refractivity contribution in [1.29, 1.82) is 5.26 Å². The van der Waals surface area contributed by atoms with Crippen molar-refractivity contribution in [2.75, 3.05) is 0 Å². The zero-order valence-electron chi connectivity index (χ0n) is 8.95. The molecule has 0 heterocycles. The molecule has 0 amide bonds. The molecule has 0 bridgehead atoms. The standard InChI is InChI=1S/C13H6ClF2NS/c14-9-3-1-2-4-12(9)18-13-10(15)5-8(7-17)6-11(13)16/h1-6H. The van der Waals surface area contributed by atoms with Gasteiger partial charge in [0.25, 0.3) is 0 Å². The summed E-state index contributed by atoms with van der Waals surface area (Å²) in [5.41, 5.74) is -0.0477. The van der Waals surface area contributed by atoms with Gasteiger partial charge in [-0.3, -0.25) is 0 Å². The van der Waals surface area contributed by atoms with Gasteiger partial charge in [-0.15, -0.1) is 0 Å². The van der Waals surface area contributed by atoms with Gasteiger partial charge < -0.3 is 0 Å². The minimum Gasteiger partial charge on any atom is -0.206 e. The van der Waals surface area contributed by atoms with Crippen molar-refractivity contribution < 1.29 is 8.78 Å². The number of nitriles is 1. The van der Waals surface area contributed by atoms with Crippen LogP contribution in [0.25, 0.3) is 0 Å². The van der Waals surface area contributed by atoms with Crippen LogP contribution < -0.4 is 0 Å². The second-order valence-corrected chi connectivity index (χ2v) is 4.87. The molecule has 0 saturated heterocycles. The predicted molar refractivity (Wildman–Crippen MR) is 66.6 cm³/mol. The maximum Gasteiger partial charge on any atom is 0.141 e. The first kappa shape index (κ1) is 12.9. The number of rotatable bonds is 2. The van der Waals surface area contributed by atoms with Gasteiger partial charge in [-0.2, -0.15) is 5.26 Å². The molecule has 0 unspecified atom stereocenters. The Morgan fingerprint density at radius 2 is 1.72 bits per heavy atom. The highest BCUT2D eigenvalue weighted by Crippen LogP contribution is 2.36. The fourth-order valence-electron chi connectivity index (χ4n) is 1.36. The van der Waals surface area contributed by atoms with E-state index >= 15 is 0 Å². The van der Waals surface area contributed by atoms with E-state index in [0.29, 0.717) is 9.92 Å². The molecule has 0 fully saturated rings. The van der Waals surface area contributed by atoms with Crippen LogP contribution >= 0.6 is 23.4 Å². The highest BCUT2D eigenvalue weighted by atomic mass is 35.5. The van der Waals surface area contributed by atoms with Gasteiger partial charge in [0.1, 0.15) is 11.6 Å². The van der Waals surface area contributed by atoms with Gasteiger partial charge in [0.2, 0.25) is 0 Å². The topological polar surface area (TPSA) is 23.8 Å². The Bertz CT molecular complexity index is 614. The summed E-state index contributed by atoms with van der Waals surface area (Å²) in [6.45, 7) is 0. The lowest BCUT2D eigenvalue weighted by Crippen LogP contribution is -1.90. The van der Waals surface area contributed by atoms with Crippen LogP contribution in [0.5, 0.6) is 0 Å². The Balaban J connectivity index is 2.42. The molecule has 0 aliphatic heterocycles. The first-order chi connectivity index (χ1) is 8.61. The summed E-state index contributed by atoms with van der Waals surface area (Å²) < 4.78 is 27.3. The van der Waals surface area contributed by atoms with Gasteiger partial charge in [0.15, 0.2) is 0 Å². The summed E-state index contributed by atoms with van der Waals surface area (Å²) in [5, 5.41) is 9.02. The van der Waals surface area contributed by atoms with E-state index in [4.69, 9.17) is 16.9 Å². The summed E-state index contributed by atoms with van der Waals surface area (Å²) in [6.07, 6.45) is 0. The van der Waals surface area contributed by atoms with Crippen molar-refractivity contribution in [3.63, 3.8) is 0 Å². The summed E-state index contributed by atoms with van der Waals surface area (Å²) in [6, 6.07) is 10.5. The second-order valence-electron chi connectivity index (χ2n) is 3.41. The van der Waals surface area contributed by atoms with E-state index < -0.39 is 11.6 Å². The van der Waals surface area contributed by atoms with Gasteiger partial charge in [0.05, 0.1) is 21.6 Å². The number of halogens is 3. The highest BCUT2D eigenvalue weighted by molar-refractivity contribution is 7.99. The fraction of sp³-hybridized carbons (Fsp3) is 0. The quantitative estimate of drug-likeness (QED) is 0.800. The maximum absolute atomic E-state index is 13.7. The van der Waals surface area contributed by atoms with Gasteiger partial charge in [-0.25, -0.2) is 8.78 Å². The molecule has 2 aromatic rings. The third kappa shape index (κ3) is 2.63. The Labute approximate surface area is 112 Å². The number of benzene rings is 2. The van der Waals surface area contributed by atoms with Crippen molar-refractivity contribution in [3.05, 3.63) is 58.6 Å². The Morgan fingerprint density at radius 1 is 1.11 bits per heavy atom. The molecule has 90 valence electrons. The van der Waals surface area contributed by atoms with Crippen LogP contribution in [-0.2, 0) is 0 Å². The predicted octanol–water partition coefficient (Wildman–Crippen LogP) is 4.64. The molecule has 0 atom stereocenters. The van der Waals surface area contributed by atoms with Crippen LogP contribution in [0.3, 0.4) is 0 Å². The summed E-state index contributed by atoms with van der Waals surface area (Å²) >= 11 is 6.81. The minimum absolute atomic E-state index is 0.0477. The van der Waals surface area contributed by atoms with Crippen molar-refractivity contribution in [2.45, 2.75) is 9.79 Å². The van der Waals surface area contributed by atoms with E-state index in [-0.39, 0.29) is 10.5 Å². The number of nitrogens with zero attached hydrogens (tertiary/aromatic N) is 1. The maximum atomic E-state index is 13.7. The van der Waals surface area contributed by atoms with Crippen molar-refractivity contribution in [1.82, 2.24) is 0 Å². The molecule has 0 radical (unpaired) electrons. The largest absolute Gasteiger partial charge is 0.206 e. The van der Waals surface area contributed by atoms with E-state index in [1.807, 2.05) is 0 Å². The van der Waals surface area contributed by atoms with Gasteiger partial charge >= 0.3 is 0 Å². The lowest BCUT2D eigenvalue weighted by molar-refractivity contribution is 0.540. The zero-order chi connectivity index (χ0) is 13.1. The first-order valence-electron chi connectivity index (χ1n) is 4.93. The smallest absolute Gasteiger partial charge is 0.141 e. The molecule has 0 N–H and O–H groups in total. The fourth-order valence-corrected chi connectivity index (χ4v) is 2.46. The summed E-state index contributed by atoms with van der Waals surface area (Å²) in [5.74, 6) is -1.53. The molecule has 0 saturated carbocycles. The summed E-state index contributed by atoms with van der Waals surface area (Å²) in [7, 11) is 0. The van der Waals surface area contributed by atoms with Crippen molar-refractivity contribution >= 4 is 23.4 Å². The molecule has 0 aliphatic rings. The molecule has 2 aromatic carbocycles. The average Bonchev–Trinajstić information content (AvgIpc) is 2.35. The van der Waals surface area contributed by atoms with Gasteiger partial charge in [-0.05, 0) is 24.3 Å². The average molecular weight is 282 g/mol. The molecule has 2 rings (SSSR count). The molecular formula is C13H6ClF2NS. The van der Waals surface area contributed by atoms with E-state index in [2.05, 4.69) is 0 Å². The molecule has 0 aromatic heterocycles. The van der Waals surface area contributed by atoms with Crippen LogP contribution in [0.15, 0.2) is 46.2 Å². The van der Waals surface area contributed by atoms with Crippen LogP contribution in [0.2, 0.25) is 5.02 Å². The third-order valence-electron chi connectivity index (χ3n) is 2.18. The first-order valence-corrected chi connectivity index (χ1v) is 6.13. The minimum atomic E-state index is -0.767. The second kappa shape index (κ2) is 5.38. The van der Waals surface area contributed by atoms with E-state index in [1.54, 1.807) is 30.3 Å². The van der Waals surface area contributed by atoms with Gasteiger partial charge in [0, 0.05) is 4.90 Å². The van der Waals surface area contributed by atoms with E-state index in [0.717, 1.165) is 23.9 Å². The Morgan fingerprint density at radius 3 is 2.28 bits per heavy atom. The van der Waals surface area contributed by atoms with Gasteiger partial charge in [-0.1, -0.05) is 35.5 Å². The van der Waals surface area contributed by atoms with Crippen molar-refractivity contribution in [3.8, 4) is 6.07 Å². The lowest BCUT2D eigenvalue weighted by Gasteiger charge is -2.06. The third-order valence-corrected chi connectivity index (χ3v) is 3.79.